The van der Waals surface area contributed by atoms with E-state index >= 15 is 0 Å². The summed E-state index contributed by atoms with van der Waals surface area (Å²) in [5.74, 6) is -1.35. The molecule has 0 aliphatic heterocycles. The van der Waals surface area contributed by atoms with Gasteiger partial charge < -0.3 is 10.1 Å². The lowest BCUT2D eigenvalue weighted by molar-refractivity contribution is -0.383. The lowest BCUT2D eigenvalue weighted by Crippen LogP contribution is -2.15. The number of esters is 1. The van der Waals surface area contributed by atoms with E-state index in [1.54, 1.807) is 36.4 Å². The van der Waals surface area contributed by atoms with Crippen LogP contribution >= 0.6 is 11.6 Å². The number of nitriles is 1. The molecule has 36 heavy (non-hydrogen) atoms. The summed E-state index contributed by atoms with van der Waals surface area (Å²) in [4.78, 5) is 36.3. The molecular formula is C27H16ClN3O5. The lowest BCUT2D eigenvalue weighted by atomic mass is 10.0. The Kier molecular flexibility index (Phi) is 7.04. The van der Waals surface area contributed by atoms with Crippen molar-refractivity contribution in [3.63, 3.8) is 0 Å². The summed E-state index contributed by atoms with van der Waals surface area (Å²) in [6.45, 7) is 0. The van der Waals surface area contributed by atoms with Crippen molar-refractivity contribution in [2.75, 3.05) is 5.32 Å². The summed E-state index contributed by atoms with van der Waals surface area (Å²) in [6.07, 6.45) is 1.24. The van der Waals surface area contributed by atoms with E-state index < -0.39 is 22.5 Å². The van der Waals surface area contributed by atoms with Gasteiger partial charge >= 0.3 is 5.97 Å². The zero-order valence-corrected chi connectivity index (χ0v) is 19.2. The number of nitrogens with zero attached hydrogens (tertiary/aromatic N) is 2. The van der Waals surface area contributed by atoms with E-state index in [2.05, 4.69) is 5.32 Å². The molecule has 0 aliphatic rings. The van der Waals surface area contributed by atoms with Crippen molar-refractivity contribution < 1.29 is 19.2 Å². The van der Waals surface area contributed by atoms with Crippen LogP contribution in [-0.2, 0) is 4.79 Å². The van der Waals surface area contributed by atoms with Crippen LogP contribution in [0.1, 0.15) is 15.9 Å². The summed E-state index contributed by atoms with van der Waals surface area (Å²) < 4.78 is 5.62. The van der Waals surface area contributed by atoms with Crippen LogP contribution in [0.4, 0.5) is 11.4 Å². The van der Waals surface area contributed by atoms with Crippen LogP contribution in [0.2, 0.25) is 5.02 Å². The Balaban J connectivity index is 1.62. The Morgan fingerprint density at radius 2 is 1.72 bits per heavy atom. The molecule has 1 amide bonds. The van der Waals surface area contributed by atoms with Crippen molar-refractivity contribution >= 4 is 51.7 Å². The van der Waals surface area contributed by atoms with Gasteiger partial charge in [0.1, 0.15) is 23.1 Å². The van der Waals surface area contributed by atoms with E-state index in [9.17, 15) is 25.0 Å². The van der Waals surface area contributed by atoms with Crippen molar-refractivity contribution in [2.24, 2.45) is 0 Å². The minimum atomic E-state index is -0.877. The number of rotatable bonds is 6. The highest BCUT2D eigenvalue weighted by Crippen LogP contribution is 2.29. The largest absolute Gasteiger partial charge is 0.422 e. The van der Waals surface area contributed by atoms with E-state index in [-0.39, 0.29) is 22.0 Å². The van der Waals surface area contributed by atoms with Gasteiger partial charge in [-0.15, -0.1) is 0 Å². The monoisotopic (exact) mass is 497 g/mol. The number of carbonyl (C=O) groups excluding carboxylic acids is 2. The molecule has 0 aliphatic carbocycles. The van der Waals surface area contributed by atoms with Gasteiger partial charge in [-0.05, 0) is 41.1 Å². The van der Waals surface area contributed by atoms with E-state index in [1.807, 2.05) is 30.3 Å². The Hall–Kier alpha value is -5.00. The normalized spacial score (nSPS) is 10.9. The molecule has 0 spiro atoms. The molecule has 0 aromatic heterocycles. The highest BCUT2D eigenvalue weighted by Gasteiger charge is 2.20. The number of hydrogen-bond donors (Lipinski definition) is 1. The first-order valence-electron chi connectivity index (χ1n) is 10.5. The number of nitro groups is 1. The Bertz CT molecular complexity index is 1580. The minimum Gasteiger partial charge on any atom is -0.422 e. The van der Waals surface area contributed by atoms with Gasteiger partial charge in [-0.2, -0.15) is 5.26 Å². The van der Waals surface area contributed by atoms with Crippen molar-refractivity contribution in [1.82, 2.24) is 0 Å². The molecule has 4 aromatic rings. The van der Waals surface area contributed by atoms with Gasteiger partial charge in [0.2, 0.25) is 0 Å². The second-order valence-corrected chi connectivity index (χ2v) is 7.93. The third-order valence-corrected chi connectivity index (χ3v) is 5.44. The van der Waals surface area contributed by atoms with Gasteiger partial charge in [-0.1, -0.05) is 66.2 Å². The molecular weight excluding hydrogens is 482 g/mol. The summed E-state index contributed by atoms with van der Waals surface area (Å²) in [5.41, 5.74) is -0.236. The highest BCUT2D eigenvalue weighted by atomic mass is 35.5. The van der Waals surface area contributed by atoms with Crippen LogP contribution in [0.25, 0.3) is 16.8 Å². The fourth-order valence-corrected chi connectivity index (χ4v) is 3.67. The average molecular weight is 498 g/mol. The molecule has 0 saturated heterocycles. The lowest BCUT2D eigenvalue weighted by Gasteiger charge is -2.10. The van der Waals surface area contributed by atoms with Gasteiger partial charge in [0.25, 0.3) is 11.6 Å². The van der Waals surface area contributed by atoms with Gasteiger partial charge in [-0.25, -0.2) is 4.79 Å². The molecule has 0 unspecified atom stereocenters. The summed E-state index contributed by atoms with van der Waals surface area (Å²) in [5, 5.41) is 25.0. The van der Waals surface area contributed by atoms with Crippen molar-refractivity contribution in [3.05, 3.63) is 117 Å². The molecule has 0 saturated carbocycles. The van der Waals surface area contributed by atoms with Crippen LogP contribution in [0.15, 0.2) is 90.5 Å². The van der Waals surface area contributed by atoms with E-state index in [0.29, 0.717) is 11.1 Å². The van der Waals surface area contributed by atoms with Crippen LogP contribution in [0, 0.1) is 21.4 Å². The molecule has 9 heteroatoms. The first-order chi connectivity index (χ1) is 17.4. The molecule has 0 atom stereocenters. The second kappa shape index (κ2) is 10.5. The molecule has 4 rings (SSSR count). The zero-order valence-electron chi connectivity index (χ0n) is 18.5. The minimum absolute atomic E-state index is 0.119. The number of para-hydroxylation sites is 1. The van der Waals surface area contributed by atoms with Crippen molar-refractivity contribution in [3.8, 4) is 11.8 Å². The fourth-order valence-electron chi connectivity index (χ4n) is 3.51. The SMILES string of the molecule is N#C/C(=C\c1ccccc1OC(=O)c1cccc2ccccc12)C(=O)Nc1ccc(Cl)cc1[N+](=O)[O-]. The van der Waals surface area contributed by atoms with Crippen LogP contribution < -0.4 is 10.1 Å². The Morgan fingerprint density at radius 3 is 2.50 bits per heavy atom. The first-order valence-corrected chi connectivity index (χ1v) is 10.9. The fraction of sp³-hybridized carbons (Fsp3) is 0. The number of ether oxygens (including phenoxy) is 1. The highest BCUT2D eigenvalue weighted by molar-refractivity contribution is 6.31. The molecule has 1 N–H and O–H groups in total. The summed E-state index contributed by atoms with van der Waals surface area (Å²) in [7, 11) is 0. The topological polar surface area (TPSA) is 122 Å². The number of halogens is 1. The van der Waals surface area contributed by atoms with Crippen molar-refractivity contribution in [2.45, 2.75) is 0 Å². The quantitative estimate of drug-likeness (QED) is 0.0848. The number of nitro benzene ring substituents is 1. The van der Waals surface area contributed by atoms with Crippen LogP contribution in [0.3, 0.4) is 0 Å². The van der Waals surface area contributed by atoms with E-state index in [4.69, 9.17) is 16.3 Å². The van der Waals surface area contributed by atoms with Gasteiger partial charge in [-0.3, -0.25) is 14.9 Å². The number of amides is 1. The van der Waals surface area contributed by atoms with Crippen molar-refractivity contribution in [1.29, 1.82) is 5.26 Å². The number of fused-ring (bicyclic) bond motifs is 1. The third kappa shape index (κ3) is 5.22. The van der Waals surface area contributed by atoms with Gasteiger partial charge in [0.15, 0.2) is 0 Å². The number of anilines is 1. The standard InChI is InChI=1S/C27H16ClN3O5/c28-20-12-13-23(24(15-20)31(34)35)30-26(32)19(16-29)14-18-7-2-4-11-25(18)36-27(33)22-10-5-8-17-6-1-3-9-21(17)22/h1-15H,(H,30,32)/b19-14+. The maximum atomic E-state index is 13.0. The molecule has 0 heterocycles. The summed E-state index contributed by atoms with van der Waals surface area (Å²) >= 11 is 5.81. The molecule has 0 radical (unpaired) electrons. The average Bonchev–Trinajstić information content (AvgIpc) is 2.88. The first kappa shape index (κ1) is 24.1. The summed E-state index contributed by atoms with van der Waals surface area (Å²) in [6, 6.07) is 24.6. The Morgan fingerprint density at radius 1 is 1.00 bits per heavy atom. The Labute approximate surface area is 210 Å². The number of hydrogen-bond acceptors (Lipinski definition) is 6. The number of nitrogens with one attached hydrogen (secondary N) is 1. The third-order valence-electron chi connectivity index (χ3n) is 5.20. The smallest absolute Gasteiger partial charge is 0.344 e. The maximum Gasteiger partial charge on any atom is 0.344 e. The maximum absolute atomic E-state index is 13.0. The van der Waals surface area contributed by atoms with Gasteiger partial charge in [0.05, 0.1) is 10.5 Å². The second-order valence-electron chi connectivity index (χ2n) is 7.50. The predicted molar refractivity (Wildman–Crippen MR) is 136 cm³/mol. The zero-order chi connectivity index (χ0) is 25.7. The predicted octanol–water partition coefficient (Wildman–Crippen LogP) is 6.17. The number of benzene rings is 4. The van der Waals surface area contributed by atoms with Crippen LogP contribution in [-0.4, -0.2) is 16.8 Å². The molecule has 4 aromatic carbocycles. The van der Waals surface area contributed by atoms with Crippen LogP contribution in [0.5, 0.6) is 5.75 Å². The van der Waals surface area contributed by atoms with E-state index in [1.165, 1.54) is 24.3 Å². The van der Waals surface area contributed by atoms with Gasteiger partial charge in [0, 0.05) is 16.7 Å². The molecule has 176 valence electrons. The molecule has 8 nitrogen and oxygen atoms in total. The number of carbonyl (C=O) groups is 2. The molecule has 0 fully saturated rings. The van der Waals surface area contributed by atoms with E-state index in [0.717, 1.165) is 16.8 Å². The molecule has 0 bridgehead atoms.